The van der Waals surface area contributed by atoms with Crippen LogP contribution in [0.4, 0.5) is 0 Å². The largest absolute Gasteiger partial charge is 0.405 e. The van der Waals surface area contributed by atoms with E-state index in [1.165, 1.54) is 17.3 Å². The average molecular weight is 358 g/mol. The first-order chi connectivity index (χ1) is 12.1. The van der Waals surface area contributed by atoms with Crippen molar-refractivity contribution >= 4 is 17.0 Å². The van der Waals surface area contributed by atoms with Gasteiger partial charge in [-0.1, -0.05) is 35.9 Å². The number of hydrogen-bond acceptors (Lipinski definition) is 5. The second-order valence-electron chi connectivity index (χ2n) is 6.00. The van der Waals surface area contributed by atoms with Crippen LogP contribution in [0.1, 0.15) is 22.1 Å². The molecule has 0 spiro atoms. The summed E-state index contributed by atoms with van der Waals surface area (Å²) in [6, 6.07) is 12.7. The van der Waals surface area contributed by atoms with Crippen LogP contribution in [0.3, 0.4) is 0 Å². The Labute approximate surface area is 154 Å². The lowest BCUT2D eigenvalue weighted by Crippen LogP contribution is -2.25. The van der Waals surface area contributed by atoms with Crippen molar-refractivity contribution in [3.05, 3.63) is 70.1 Å². The molecule has 2 rings (SSSR count). The lowest BCUT2D eigenvalue weighted by atomic mass is 10.1. The highest BCUT2D eigenvalue weighted by Crippen LogP contribution is 2.24. The summed E-state index contributed by atoms with van der Waals surface area (Å²) < 4.78 is 6.16. The predicted molar refractivity (Wildman–Crippen MR) is 107 cm³/mol. The fraction of sp³-hybridized carbons (Fsp3) is 0.350. The Morgan fingerprint density at radius 3 is 2.84 bits per heavy atom. The third-order valence-electron chi connectivity index (χ3n) is 3.89. The van der Waals surface area contributed by atoms with Crippen molar-refractivity contribution in [2.45, 2.75) is 19.6 Å². The molecule has 1 unspecified atom stereocenters. The van der Waals surface area contributed by atoms with Gasteiger partial charge in [-0.15, -0.1) is 11.3 Å². The van der Waals surface area contributed by atoms with Gasteiger partial charge < -0.3 is 10.5 Å². The van der Waals surface area contributed by atoms with Crippen molar-refractivity contribution < 1.29 is 4.74 Å². The van der Waals surface area contributed by atoms with E-state index in [4.69, 9.17) is 10.5 Å². The molecule has 0 saturated heterocycles. The van der Waals surface area contributed by atoms with Gasteiger partial charge in [0.2, 0.25) is 0 Å². The topological polar surface area (TPSA) is 50.9 Å². The van der Waals surface area contributed by atoms with Crippen LogP contribution in [0.5, 0.6) is 0 Å². The van der Waals surface area contributed by atoms with Crippen molar-refractivity contribution in [1.29, 1.82) is 0 Å². The summed E-state index contributed by atoms with van der Waals surface area (Å²) >= 11 is 1.67. The molecule has 0 bridgehead atoms. The molecule has 0 saturated carbocycles. The summed E-state index contributed by atoms with van der Waals surface area (Å²) in [6.07, 6.45) is 3.15. The molecule has 0 radical (unpaired) electrons. The zero-order valence-electron chi connectivity index (χ0n) is 15.2. The smallest absolute Gasteiger partial charge is 0.133 e. The molecule has 0 aliphatic heterocycles. The molecule has 0 aliphatic rings. The van der Waals surface area contributed by atoms with Crippen LogP contribution >= 0.6 is 11.3 Å². The van der Waals surface area contributed by atoms with Crippen molar-refractivity contribution in [2.24, 2.45) is 10.7 Å². The van der Waals surface area contributed by atoms with Gasteiger partial charge in [-0.05, 0) is 43.3 Å². The van der Waals surface area contributed by atoms with Gasteiger partial charge in [-0.3, -0.25) is 9.89 Å². The number of thiophene rings is 1. The summed E-state index contributed by atoms with van der Waals surface area (Å²) in [5.74, 6) is 0. The zero-order valence-corrected chi connectivity index (χ0v) is 16.0. The fourth-order valence-electron chi connectivity index (χ4n) is 2.66. The molecule has 1 heterocycles. The number of benzene rings is 1. The minimum absolute atomic E-state index is 0.169. The summed E-state index contributed by atoms with van der Waals surface area (Å²) in [6.45, 7) is 4.50. The number of rotatable bonds is 9. The number of likely N-dealkylation sites (N-methyl/N-ethyl adjacent to an activating group) is 1. The van der Waals surface area contributed by atoms with Gasteiger partial charge in [0.25, 0.3) is 0 Å². The van der Waals surface area contributed by atoms with E-state index in [1.807, 2.05) is 6.07 Å². The van der Waals surface area contributed by atoms with E-state index in [1.54, 1.807) is 24.5 Å². The van der Waals surface area contributed by atoms with Crippen molar-refractivity contribution in [3.63, 3.8) is 0 Å². The number of aliphatic imine (C=N–C) groups is 1. The first kappa shape index (κ1) is 19.4. The second kappa shape index (κ2) is 10.1. The summed E-state index contributed by atoms with van der Waals surface area (Å²) in [5.41, 5.74) is 9.00. The fourth-order valence-corrected chi connectivity index (χ4v) is 3.44. The SMILES string of the molecule is CN=C(C=CN)C(OCCN(C)Cc1cccc(C)c1)c1cccs1. The Hall–Kier alpha value is -1.95. The van der Waals surface area contributed by atoms with Crippen molar-refractivity contribution in [2.75, 3.05) is 27.2 Å². The van der Waals surface area contributed by atoms with Crippen LogP contribution in [-0.4, -0.2) is 37.9 Å². The van der Waals surface area contributed by atoms with Gasteiger partial charge in [-0.25, -0.2) is 0 Å². The average Bonchev–Trinajstić information content (AvgIpc) is 3.11. The molecule has 0 fully saturated rings. The van der Waals surface area contributed by atoms with Crippen LogP contribution in [-0.2, 0) is 11.3 Å². The maximum absolute atomic E-state index is 6.16. The Bertz CT molecular complexity index is 695. The molecule has 2 N–H and O–H groups in total. The molecule has 134 valence electrons. The molecule has 2 aromatic rings. The van der Waals surface area contributed by atoms with E-state index in [2.05, 4.69) is 59.6 Å². The normalized spacial score (nSPS) is 13.7. The predicted octanol–water partition coefficient (Wildman–Crippen LogP) is 3.79. The molecular formula is C20H27N3OS. The number of hydrogen-bond donors (Lipinski definition) is 1. The lowest BCUT2D eigenvalue weighted by molar-refractivity contribution is 0.0813. The molecule has 25 heavy (non-hydrogen) atoms. The Balaban J connectivity index is 1.92. The number of nitrogens with two attached hydrogens (primary N) is 1. The number of ether oxygens (including phenoxy) is 1. The van der Waals surface area contributed by atoms with Gasteiger partial charge in [0.1, 0.15) is 6.10 Å². The van der Waals surface area contributed by atoms with E-state index in [9.17, 15) is 0 Å². The summed E-state index contributed by atoms with van der Waals surface area (Å²) in [4.78, 5) is 7.73. The Morgan fingerprint density at radius 2 is 2.20 bits per heavy atom. The van der Waals surface area contributed by atoms with Gasteiger partial charge in [0, 0.05) is 25.0 Å². The van der Waals surface area contributed by atoms with E-state index >= 15 is 0 Å². The van der Waals surface area contributed by atoms with Gasteiger partial charge in [-0.2, -0.15) is 0 Å². The molecule has 0 amide bonds. The maximum atomic E-state index is 6.16. The summed E-state index contributed by atoms with van der Waals surface area (Å²) in [5, 5.41) is 2.05. The van der Waals surface area contributed by atoms with Gasteiger partial charge >= 0.3 is 0 Å². The second-order valence-corrected chi connectivity index (χ2v) is 6.98. The van der Waals surface area contributed by atoms with Crippen molar-refractivity contribution in [3.8, 4) is 0 Å². The lowest BCUT2D eigenvalue weighted by Gasteiger charge is -2.21. The first-order valence-electron chi connectivity index (χ1n) is 8.38. The summed E-state index contributed by atoms with van der Waals surface area (Å²) in [7, 11) is 3.88. The Morgan fingerprint density at radius 1 is 1.36 bits per heavy atom. The van der Waals surface area contributed by atoms with Gasteiger partial charge in [0.05, 0.1) is 12.3 Å². The van der Waals surface area contributed by atoms with Crippen LogP contribution < -0.4 is 5.73 Å². The monoisotopic (exact) mass is 357 g/mol. The molecule has 4 nitrogen and oxygen atoms in total. The zero-order chi connectivity index (χ0) is 18.1. The van der Waals surface area contributed by atoms with Crippen LogP contribution in [0.2, 0.25) is 0 Å². The van der Waals surface area contributed by atoms with Crippen LogP contribution in [0.15, 0.2) is 59.0 Å². The molecule has 5 heteroatoms. The van der Waals surface area contributed by atoms with E-state index in [-0.39, 0.29) is 6.10 Å². The molecular weight excluding hydrogens is 330 g/mol. The highest BCUT2D eigenvalue weighted by Gasteiger charge is 2.18. The number of nitrogens with zero attached hydrogens (tertiary/aromatic N) is 2. The minimum atomic E-state index is -0.169. The van der Waals surface area contributed by atoms with E-state index in [0.29, 0.717) is 6.61 Å². The van der Waals surface area contributed by atoms with Crippen LogP contribution in [0, 0.1) is 6.92 Å². The minimum Gasteiger partial charge on any atom is -0.405 e. The Kier molecular flexibility index (Phi) is 7.85. The quantitative estimate of drug-likeness (QED) is 0.695. The standard InChI is InChI=1S/C20H27N3OS/c1-16-6-4-7-17(14-16)15-23(3)11-12-24-20(18(22-2)9-10-21)19-8-5-13-25-19/h4-10,13-14,20H,11-12,15,21H2,1-3H3. The third kappa shape index (κ3) is 6.12. The van der Waals surface area contributed by atoms with Crippen molar-refractivity contribution in [1.82, 2.24) is 4.90 Å². The third-order valence-corrected chi connectivity index (χ3v) is 4.80. The molecule has 1 atom stereocenters. The number of aryl methyl sites for hydroxylation is 1. The highest BCUT2D eigenvalue weighted by atomic mass is 32.1. The maximum Gasteiger partial charge on any atom is 0.133 e. The highest BCUT2D eigenvalue weighted by molar-refractivity contribution is 7.10. The van der Waals surface area contributed by atoms with Gasteiger partial charge in [0.15, 0.2) is 0 Å². The van der Waals surface area contributed by atoms with Crippen LogP contribution in [0.25, 0.3) is 0 Å². The van der Waals surface area contributed by atoms with E-state index in [0.717, 1.165) is 23.7 Å². The molecule has 0 aliphatic carbocycles. The van der Waals surface area contributed by atoms with E-state index < -0.39 is 0 Å². The molecule has 1 aromatic heterocycles. The first-order valence-corrected chi connectivity index (χ1v) is 9.26. The molecule has 1 aromatic carbocycles.